The lowest BCUT2D eigenvalue weighted by Gasteiger charge is -2.23. The highest BCUT2D eigenvalue weighted by atomic mass is 19.4. The number of aryl methyl sites for hydroxylation is 1. The SMILES string of the molecule is Cc1cc(C(=O)NNC(=O)CNC(=O)OC(C)(C)C)nc2c(C(C)(C)C)cc(NCC(F)(F)F)cc12. The standard InChI is InChI=1S/C24H32F3N5O4/c1-13-8-17(20(34)32-31-18(33)11-28-21(35)36-23(5,6)7)30-19-15(13)9-14(29-12-24(25,26)27)10-16(19)22(2,3)4/h8-10,29H,11-12H2,1-7H3,(H,28,35)(H,31,33)(H,32,34). The predicted octanol–water partition coefficient (Wildman–Crippen LogP) is 4.10. The van der Waals surface area contributed by atoms with Gasteiger partial charge in [-0.15, -0.1) is 0 Å². The monoisotopic (exact) mass is 511 g/mol. The molecule has 0 radical (unpaired) electrons. The van der Waals surface area contributed by atoms with E-state index in [1.54, 1.807) is 39.8 Å². The molecule has 1 heterocycles. The number of carbonyl (C=O) groups excluding carboxylic acids is 3. The Morgan fingerprint density at radius 1 is 0.972 bits per heavy atom. The van der Waals surface area contributed by atoms with Gasteiger partial charge in [-0.25, -0.2) is 9.78 Å². The number of hydrazine groups is 1. The second-order valence-electron chi connectivity index (χ2n) is 10.3. The molecule has 0 atom stereocenters. The summed E-state index contributed by atoms with van der Waals surface area (Å²) in [5, 5.41) is 5.26. The number of amides is 3. The third-order valence-corrected chi connectivity index (χ3v) is 4.76. The van der Waals surface area contributed by atoms with Crippen LogP contribution >= 0.6 is 0 Å². The summed E-state index contributed by atoms with van der Waals surface area (Å²) in [5.74, 6) is -1.40. The molecule has 0 aliphatic carbocycles. The van der Waals surface area contributed by atoms with E-state index in [0.29, 0.717) is 22.0 Å². The lowest BCUT2D eigenvalue weighted by atomic mass is 9.84. The highest BCUT2D eigenvalue weighted by Crippen LogP contribution is 2.34. The molecule has 198 valence electrons. The molecule has 1 aromatic heterocycles. The van der Waals surface area contributed by atoms with Gasteiger partial charge in [0.2, 0.25) is 0 Å². The quantitative estimate of drug-likeness (QED) is 0.449. The number of carbonyl (C=O) groups is 3. The number of hydrogen-bond donors (Lipinski definition) is 4. The van der Waals surface area contributed by atoms with E-state index in [1.165, 1.54) is 6.07 Å². The molecule has 0 spiro atoms. The number of fused-ring (bicyclic) bond motifs is 1. The summed E-state index contributed by atoms with van der Waals surface area (Å²) in [7, 11) is 0. The first-order chi connectivity index (χ1) is 16.4. The lowest BCUT2D eigenvalue weighted by molar-refractivity contribution is -0.121. The molecule has 4 N–H and O–H groups in total. The maximum absolute atomic E-state index is 12.7. The molecule has 0 unspecified atom stereocenters. The van der Waals surface area contributed by atoms with E-state index in [0.717, 1.165) is 0 Å². The summed E-state index contributed by atoms with van der Waals surface area (Å²) in [5.41, 5.74) is 5.22. The van der Waals surface area contributed by atoms with Crippen LogP contribution in [-0.4, -0.2) is 47.8 Å². The maximum atomic E-state index is 12.7. The number of alkyl carbamates (subject to hydrolysis) is 1. The van der Waals surface area contributed by atoms with Crippen molar-refractivity contribution in [2.45, 2.75) is 65.7 Å². The Bertz CT molecular complexity index is 1150. The summed E-state index contributed by atoms with van der Waals surface area (Å²) in [6, 6.07) is 4.62. The van der Waals surface area contributed by atoms with E-state index in [9.17, 15) is 27.6 Å². The molecule has 1 aromatic carbocycles. The minimum Gasteiger partial charge on any atom is -0.444 e. The molecule has 2 rings (SSSR count). The smallest absolute Gasteiger partial charge is 0.408 e. The number of alkyl halides is 3. The molecular formula is C24H32F3N5O4. The lowest BCUT2D eigenvalue weighted by Crippen LogP contribution is -2.47. The van der Waals surface area contributed by atoms with E-state index in [-0.39, 0.29) is 11.4 Å². The largest absolute Gasteiger partial charge is 0.444 e. The Balaban J connectivity index is 2.21. The Morgan fingerprint density at radius 3 is 2.17 bits per heavy atom. The Labute approximate surface area is 207 Å². The summed E-state index contributed by atoms with van der Waals surface area (Å²) in [6.07, 6.45) is -5.16. The Morgan fingerprint density at radius 2 is 1.61 bits per heavy atom. The zero-order valence-electron chi connectivity index (χ0n) is 21.4. The predicted molar refractivity (Wildman–Crippen MR) is 130 cm³/mol. The van der Waals surface area contributed by atoms with Gasteiger partial charge in [0.1, 0.15) is 24.4 Å². The van der Waals surface area contributed by atoms with Crippen LogP contribution in [0.1, 0.15) is 63.2 Å². The molecule has 0 saturated heterocycles. The summed E-state index contributed by atoms with van der Waals surface area (Å²) in [4.78, 5) is 40.7. The van der Waals surface area contributed by atoms with Crippen molar-refractivity contribution in [2.75, 3.05) is 18.4 Å². The van der Waals surface area contributed by atoms with Crippen molar-refractivity contribution >= 4 is 34.5 Å². The summed E-state index contributed by atoms with van der Waals surface area (Å²) in [6.45, 7) is 10.8. The van der Waals surface area contributed by atoms with Gasteiger partial charge in [-0.2, -0.15) is 13.2 Å². The Hall–Kier alpha value is -3.57. The topological polar surface area (TPSA) is 121 Å². The minimum absolute atomic E-state index is 0.00176. The number of halogens is 3. The molecule has 0 fully saturated rings. The number of ether oxygens (including phenoxy) is 1. The molecule has 12 heteroatoms. The van der Waals surface area contributed by atoms with Crippen molar-refractivity contribution in [1.29, 1.82) is 0 Å². The average Bonchev–Trinajstić information content (AvgIpc) is 2.71. The van der Waals surface area contributed by atoms with Crippen LogP contribution in [0.3, 0.4) is 0 Å². The van der Waals surface area contributed by atoms with Crippen LogP contribution in [0.25, 0.3) is 10.9 Å². The van der Waals surface area contributed by atoms with Gasteiger partial charge >= 0.3 is 12.3 Å². The minimum atomic E-state index is -4.38. The Kier molecular flexibility index (Phi) is 8.43. The van der Waals surface area contributed by atoms with Gasteiger partial charge < -0.3 is 15.4 Å². The summed E-state index contributed by atoms with van der Waals surface area (Å²) >= 11 is 0. The molecule has 0 saturated carbocycles. The van der Waals surface area contributed by atoms with Crippen LogP contribution in [0.4, 0.5) is 23.7 Å². The first-order valence-electron chi connectivity index (χ1n) is 11.2. The number of rotatable bonds is 5. The highest BCUT2D eigenvalue weighted by Gasteiger charge is 2.28. The zero-order valence-corrected chi connectivity index (χ0v) is 21.4. The van der Waals surface area contributed by atoms with Gasteiger partial charge in [0.15, 0.2) is 0 Å². The first-order valence-corrected chi connectivity index (χ1v) is 11.2. The fourth-order valence-electron chi connectivity index (χ4n) is 3.18. The number of benzene rings is 1. The number of anilines is 1. The molecular weight excluding hydrogens is 479 g/mol. The second kappa shape index (κ2) is 10.6. The van der Waals surface area contributed by atoms with E-state index < -0.39 is 48.2 Å². The summed E-state index contributed by atoms with van der Waals surface area (Å²) < 4.78 is 43.2. The molecule has 0 aliphatic rings. The van der Waals surface area contributed by atoms with Crippen LogP contribution in [0.15, 0.2) is 18.2 Å². The van der Waals surface area contributed by atoms with Crippen molar-refractivity contribution in [3.63, 3.8) is 0 Å². The van der Waals surface area contributed by atoms with Crippen LogP contribution in [0, 0.1) is 6.92 Å². The number of nitrogens with one attached hydrogen (secondary N) is 4. The normalized spacial score (nSPS) is 12.2. The van der Waals surface area contributed by atoms with E-state index in [4.69, 9.17) is 4.74 Å². The highest BCUT2D eigenvalue weighted by molar-refractivity contribution is 5.98. The second-order valence-corrected chi connectivity index (χ2v) is 10.3. The van der Waals surface area contributed by atoms with E-state index >= 15 is 0 Å². The number of aromatic nitrogens is 1. The fraction of sp³-hybridized carbons (Fsp3) is 0.500. The van der Waals surface area contributed by atoms with Gasteiger partial charge in [-0.1, -0.05) is 20.8 Å². The van der Waals surface area contributed by atoms with E-state index in [1.807, 2.05) is 20.8 Å². The van der Waals surface area contributed by atoms with Crippen LogP contribution in [-0.2, 0) is 14.9 Å². The van der Waals surface area contributed by atoms with Crippen molar-refractivity contribution in [3.8, 4) is 0 Å². The third-order valence-electron chi connectivity index (χ3n) is 4.76. The average molecular weight is 512 g/mol. The maximum Gasteiger partial charge on any atom is 0.408 e. The van der Waals surface area contributed by atoms with Gasteiger partial charge in [0, 0.05) is 11.1 Å². The van der Waals surface area contributed by atoms with Crippen molar-refractivity contribution in [2.24, 2.45) is 0 Å². The molecule has 9 nitrogen and oxygen atoms in total. The number of pyridine rings is 1. The van der Waals surface area contributed by atoms with Crippen molar-refractivity contribution in [1.82, 2.24) is 21.2 Å². The number of hydrogen-bond acceptors (Lipinski definition) is 6. The van der Waals surface area contributed by atoms with Gasteiger partial charge in [0.25, 0.3) is 11.8 Å². The molecule has 36 heavy (non-hydrogen) atoms. The van der Waals surface area contributed by atoms with Crippen LogP contribution < -0.4 is 21.5 Å². The fourth-order valence-corrected chi connectivity index (χ4v) is 3.18. The zero-order chi connectivity index (χ0) is 27.5. The molecule has 0 aliphatic heterocycles. The third kappa shape index (κ3) is 8.58. The first kappa shape index (κ1) is 28.7. The van der Waals surface area contributed by atoms with Gasteiger partial charge in [-0.05, 0) is 62.4 Å². The molecule has 3 amide bonds. The number of nitrogens with zero attached hydrogens (tertiary/aromatic N) is 1. The van der Waals surface area contributed by atoms with Gasteiger partial charge in [-0.3, -0.25) is 20.4 Å². The van der Waals surface area contributed by atoms with Crippen molar-refractivity contribution < 1.29 is 32.3 Å². The molecule has 0 bridgehead atoms. The van der Waals surface area contributed by atoms with E-state index in [2.05, 4.69) is 26.5 Å². The van der Waals surface area contributed by atoms with Crippen LogP contribution in [0.5, 0.6) is 0 Å². The molecule has 2 aromatic rings. The van der Waals surface area contributed by atoms with Crippen LogP contribution in [0.2, 0.25) is 0 Å². The van der Waals surface area contributed by atoms with Gasteiger partial charge in [0.05, 0.1) is 5.52 Å². The van der Waals surface area contributed by atoms with Crippen molar-refractivity contribution in [3.05, 3.63) is 35.0 Å².